The maximum Gasteiger partial charge on any atom is 0.269 e. The second-order valence-corrected chi connectivity index (χ2v) is 5.19. The lowest BCUT2D eigenvalue weighted by atomic mass is 10.1. The zero-order chi connectivity index (χ0) is 15.4. The van der Waals surface area contributed by atoms with E-state index in [9.17, 15) is 4.79 Å². The van der Waals surface area contributed by atoms with Gasteiger partial charge in [0.15, 0.2) is 0 Å². The van der Waals surface area contributed by atoms with Gasteiger partial charge >= 0.3 is 0 Å². The Balaban J connectivity index is 1.60. The molecule has 0 spiro atoms. The molecule has 0 fully saturated rings. The number of halogens is 1. The Hall–Kier alpha value is -2.60. The van der Waals surface area contributed by atoms with Crippen molar-refractivity contribution in [2.45, 2.75) is 6.42 Å². The van der Waals surface area contributed by atoms with E-state index in [1.165, 1.54) is 0 Å². The summed E-state index contributed by atoms with van der Waals surface area (Å²) in [5.41, 5.74) is 3.01. The summed E-state index contributed by atoms with van der Waals surface area (Å²) in [5, 5.41) is 10.4. The van der Waals surface area contributed by atoms with Crippen LogP contribution in [-0.2, 0) is 6.42 Å². The fourth-order valence-electron chi connectivity index (χ4n) is 2.03. The fraction of sp³-hybridized carbons (Fsp3) is 0.133. The molecular weight excluding hydrogens is 302 g/mol. The Morgan fingerprint density at radius 1 is 1.27 bits per heavy atom. The van der Waals surface area contributed by atoms with E-state index in [2.05, 4.69) is 25.5 Å². The van der Waals surface area contributed by atoms with Crippen LogP contribution in [0.2, 0.25) is 5.02 Å². The third kappa shape index (κ3) is 3.35. The Kier molecular flexibility index (Phi) is 4.20. The summed E-state index contributed by atoms with van der Waals surface area (Å²) in [7, 11) is 0. The number of benzene rings is 1. The summed E-state index contributed by atoms with van der Waals surface area (Å²) >= 11 is 5.85. The standard InChI is InChI=1S/C15H14ClN5O/c16-11-3-1-10(2-4-11)13-7-14(21-20-13)15(22)18-6-5-12-8-17-9-19-12/h1-4,7-9H,5-6H2,(H,17,19)(H,18,22)(H,20,21). The first-order valence-corrected chi connectivity index (χ1v) is 7.17. The van der Waals surface area contributed by atoms with Crippen molar-refractivity contribution >= 4 is 17.5 Å². The highest BCUT2D eigenvalue weighted by Gasteiger charge is 2.10. The lowest BCUT2D eigenvalue weighted by Crippen LogP contribution is -2.26. The largest absolute Gasteiger partial charge is 0.350 e. The number of hydrogen-bond acceptors (Lipinski definition) is 3. The molecule has 0 aliphatic carbocycles. The molecule has 0 saturated heterocycles. The van der Waals surface area contributed by atoms with Gasteiger partial charge in [-0.1, -0.05) is 23.7 Å². The first-order chi connectivity index (χ1) is 10.7. The maximum absolute atomic E-state index is 12.0. The van der Waals surface area contributed by atoms with Crippen molar-refractivity contribution in [2.24, 2.45) is 0 Å². The number of amides is 1. The number of hydrogen-bond donors (Lipinski definition) is 3. The molecule has 3 N–H and O–H groups in total. The molecule has 3 rings (SSSR count). The third-order valence-corrected chi connectivity index (χ3v) is 3.45. The van der Waals surface area contributed by atoms with E-state index in [-0.39, 0.29) is 5.91 Å². The molecule has 0 radical (unpaired) electrons. The summed E-state index contributed by atoms with van der Waals surface area (Å²) in [6.07, 6.45) is 4.05. The van der Waals surface area contributed by atoms with Crippen LogP contribution in [0.4, 0.5) is 0 Å². The van der Waals surface area contributed by atoms with Gasteiger partial charge in [0.1, 0.15) is 5.69 Å². The van der Waals surface area contributed by atoms with E-state index in [0.29, 0.717) is 29.4 Å². The Morgan fingerprint density at radius 2 is 2.09 bits per heavy atom. The monoisotopic (exact) mass is 315 g/mol. The molecule has 112 valence electrons. The van der Waals surface area contributed by atoms with Crippen LogP contribution in [0.3, 0.4) is 0 Å². The highest BCUT2D eigenvalue weighted by atomic mass is 35.5. The van der Waals surface area contributed by atoms with Crippen molar-refractivity contribution in [3.63, 3.8) is 0 Å². The third-order valence-electron chi connectivity index (χ3n) is 3.20. The van der Waals surface area contributed by atoms with Gasteiger partial charge in [-0.15, -0.1) is 0 Å². The highest BCUT2D eigenvalue weighted by Crippen LogP contribution is 2.20. The van der Waals surface area contributed by atoms with Crippen molar-refractivity contribution in [3.05, 3.63) is 59.3 Å². The molecule has 6 nitrogen and oxygen atoms in total. The number of rotatable bonds is 5. The molecule has 0 saturated carbocycles. The SMILES string of the molecule is O=C(NCCc1cnc[nH]1)c1cc(-c2ccc(Cl)cc2)n[nH]1. The predicted octanol–water partition coefficient (Wildman–Crippen LogP) is 2.43. The Labute approximate surface area is 131 Å². The van der Waals surface area contributed by atoms with Crippen LogP contribution in [-0.4, -0.2) is 32.6 Å². The quantitative estimate of drug-likeness (QED) is 0.676. The second kappa shape index (κ2) is 6.44. The van der Waals surface area contributed by atoms with Crippen molar-refractivity contribution in [1.29, 1.82) is 0 Å². The first kappa shape index (κ1) is 14.3. The minimum absolute atomic E-state index is 0.188. The molecule has 2 heterocycles. The number of carbonyl (C=O) groups is 1. The van der Waals surface area contributed by atoms with Gasteiger partial charge in [-0.3, -0.25) is 9.89 Å². The molecule has 0 aliphatic heterocycles. The average molecular weight is 316 g/mol. The van der Waals surface area contributed by atoms with Gasteiger partial charge in [0.2, 0.25) is 0 Å². The molecule has 0 bridgehead atoms. The van der Waals surface area contributed by atoms with E-state index in [1.807, 2.05) is 12.1 Å². The zero-order valence-corrected chi connectivity index (χ0v) is 12.4. The van der Waals surface area contributed by atoms with Crippen LogP contribution in [0.1, 0.15) is 16.2 Å². The molecule has 22 heavy (non-hydrogen) atoms. The van der Waals surface area contributed by atoms with Crippen molar-refractivity contribution in [1.82, 2.24) is 25.5 Å². The van der Waals surface area contributed by atoms with Crippen molar-refractivity contribution < 1.29 is 4.79 Å². The number of carbonyl (C=O) groups excluding carboxylic acids is 1. The number of aromatic amines is 2. The smallest absolute Gasteiger partial charge is 0.269 e. The summed E-state index contributed by atoms with van der Waals surface area (Å²) in [4.78, 5) is 19.0. The molecule has 3 aromatic rings. The van der Waals surface area contributed by atoms with E-state index < -0.39 is 0 Å². The minimum Gasteiger partial charge on any atom is -0.350 e. The van der Waals surface area contributed by atoms with Crippen LogP contribution < -0.4 is 5.32 Å². The molecule has 7 heteroatoms. The number of H-pyrrole nitrogens is 2. The Morgan fingerprint density at radius 3 is 2.82 bits per heavy atom. The van der Waals surface area contributed by atoms with Gasteiger partial charge in [0, 0.05) is 35.4 Å². The summed E-state index contributed by atoms with van der Waals surface area (Å²) in [6, 6.07) is 9.01. The van der Waals surface area contributed by atoms with E-state index in [4.69, 9.17) is 11.6 Å². The highest BCUT2D eigenvalue weighted by molar-refractivity contribution is 6.30. The lowest BCUT2D eigenvalue weighted by molar-refractivity contribution is 0.0949. The van der Waals surface area contributed by atoms with Crippen LogP contribution >= 0.6 is 11.6 Å². The molecule has 1 amide bonds. The Bertz CT molecular complexity index is 749. The van der Waals surface area contributed by atoms with Gasteiger partial charge in [-0.2, -0.15) is 5.10 Å². The molecule has 0 unspecified atom stereocenters. The van der Waals surface area contributed by atoms with E-state index in [0.717, 1.165) is 11.3 Å². The van der Waals surface area contributed by atoms with E-state index in [1.54, 1.807) is 30.7 Å². The zero-order valence-electron chi connectivity index (χ0n) is 11.6. The van der Waals surface area contributed by atoms with Gasteiger partial charge in [-0.25, -0.2) is 4.98 Å². The van der Waals surface area contributed by atoms with Crippen LogP contribution in [0, 0.1) is 0 Å². The molecular formula is C15H14ClN5O. The van der Waals surface area contributed by atoms with Crippen LogP contribution in [0.15, 0.2) is 42.9 Å². The lowest BCUT2D eigenvalue weighted by Gasteiger charge is -2.01. The molecule has 0 atom stereocenters. The van der Waals surface area contributed by atoms with Gasteiger partial charge in [-0.05, 0) is 18.2 Å². The summed E-state index contributed by atoms with van der Waals surface area (Å²) in [5.74, 6) is -0.188. The topological polar surface area (TPSA) is 86.5 Å². The maximum atomic E-state index is 12.0. The summed E-state index contributed by atoms with van der Waals surface area (Å²) < 4.78 is 0. The number of imidazole rings is 1. The molecule has 1 aromatic carbocycles. The van der Waals surface area contributed by atoms with Crippen LogP contribution in [0.25, 0.3) is 11.3 Å². The average Bonchev–Trinajstić information content (AvgIpc) is 3.19. The van der Waals surface area contributed by atoms with Gasteiger partial charge in [0.05, 0.1) is 12.0 Å². The van der Waals surface area contributed by atoms with Crippen molar-refractivity contribution in [2.75, 3.05) is 6.54 Å². The second-order valence-electron chi connectivity index (χ2n) is 4.76. The normalized spacial score (nSPS) is 10.6. The van der Waals surface area contributed by atoms with Crippen molar-refractivity contribution in [3.8, 4) is 11.3 Å². The van der Waals surface area contributed by atoms with Gasteiger partial charge in [0.25, 0.3) is 5.91 Å². The molecule has 0 aliphatic rings. The van der Waals surface area contributed by atoms with E-state index >= 15 is 0 Å². The van der Waals surface area contributed by atoms with Gasteiger partial charge < -0.3 is 10.3 Å². The summed E-state index contributed by atoms with van der Waals surface area (Å²) in [6.45, 7) is 0.524. The number of aromatic nitrogens is 4. The number of nitrogens with zero attached hydrogens (tertiary/aromatic N) is 2. The first-order valence-electron chi connectivity index (χ1n) is 6.79. The molecule has 2 aromatic heterocycles. The number of nitrogens with one attached hydrogen (secondary N) is 3. The minimum atomic E-state index is -0.188. The predicted molar refractivity (Wildman–Crippen MR) is 83.7 cm³/mol. The van der Waals surface area contributed by atoms with Crippen LogP contribution in [0.5, 0.6) is 0 Å². The fourth-order valence-corrected chi connectivity index (χ4v) is 2.16.